The van der Waals surface area contributed by atoms with E-state index in [2.05, 4.69) is 4.72 Å². The molecule has 0 aliphatic carbocycles. The van der Waals surface area contributed by atoms with Crippen LogP contribution in [0.3, 0.4) is 0 Å². The molecule has 5 heteroatoms. The minimum Gasteiger partial charge on any atom is -0.330 e. The van der Waals surface area contributed by atoms with Crippen LogP contribution in [0.4, 0.5) is 0 Å². The van der Waals surface area contributed by atoms with Crippen molar-refractivity contribution in [3.63, 3.8) is 0 Å². The fraction of sp³-hybridized carbons (Fsp3) is 0.538. The SMILES string of the molecule is CCC(C)(CCN)NS(=O)(=O)Cc1ccccc1. The highest BCUT2D eigenvalue weighted by Crippen LogP contribution is 2.16. The third-order valence-electron chi connectivity index (χ3n) is 3.08. The van der Waals surface area contributed by atoms with E-state index in [0.717, 1.165) is 12.0 Å². The lowest BCUT2D eigenvalue weighted by molar-refractivity contribution is 0.379. The van der Waals surface area contributed by atoms with Crippen LogP contribution in [0.15, 0.2) is 30.3 Å². The van der Waals surface area contributed by atoms with Gasteiger partial charge in [0.25, 0.3) is 0 Å². The number of benzene rings is 1. The van der Waals surface area contributed by atoms with Gasteiger partial charge in [-0.05, 0) is 31.9 Å². The maximum Gasteiger partial charge on any atom is 0.216 e. The molecule has 1 aromatic carbocycles. The first kappa shape index (κ1) is 15.1. The van der Waals surface area contributed by atoms with Crippen molar-refractivity contribution < 1.29 is 8.42 Å². The minimum absolute atomic E-state index is 0.00794. The zero-order valence-corrected chi connectivity index (χ0v) is 11.8. The Kier molecular flexibility index (Phi) is 5.31. The van der Waals surface area contributed by atoms with Gasteiger partial charge in [-0.3, -0.25) is 0 Å². The maximum atomic E-state index is 12.1. The van der Waals surface area contributed by atoms with Crippen LogP contribution in [-0.4, -0.2) is 20.5 Å². The minimum atomic E-state index is -3.33. The average Bonchev–Trinajstić information content (AvgIpc) is 2.29. The van der Waals surface area contributed by atoms with Crippen molar-refractivity contribution in [1.29, 1.82) is 0 Å². The van der Waals surface area contributed by atoms with E-state index in [9.17, 15) is 8.42 Å². The lowest BCUT2D eigenvalue weighted by Gasteiger charge is -2.28. The van der Waals surface area contributed by atoms with Crippen molar-refractivity contribution in [2.75, 3.05) is 6.54 Å². The molecular weight excluding hydrogens is 248 g/mol. The number of nitrogens with two attached hydrogens (primary N) is 1. The van der Waals surface area contributed by atoms with E-state index in [0.29, 0.717) is 13.0 Å². The second-order valence-corrected chi connectivity index (χ2v) is 6.52. The van der Waals surface area contributed by atoms with Crippen LogP contribution < -0.4 is 10.5 Å². The van der Waals surface area contributed by atoms with E-state index < -0.39 is 15.6 Å². The van der Waals surface area contributed by atoms with Crippen LogP contribution in [0.25, 0.3) is 0 Å². The first-order valence-electron chi connectivity index (χ1n) is 6.16. The molecule has 0 amide bonds. The molecule has 1 unspecified atom stereocenters. The summed E-state index contributed by atoms with van der Waals surface area (Å²) in [5.41, 5.74) is 5.86. The van der Waals surface area contributed by atoms with Gasteiger partial charge in [-0.25, -0.2) is 13.1 Å². The predicted molar refractivity (Wildman–Crippen MR) is 74.6 cm³/mol. The molecule has 1 atom stereocenters. The summed E-state index contributed by atoms with van der Waals surface area (Å²) in [5, 5.41) is 0. The van der Waals surface area contributed by atoms with Gasteiger partial charge in [0, 0.05) is 5.54 Å². The van der Waals surface area contributed by atoms with Crippen molar-refractivity contribution >= 4 is 10.0 Å². The third-order valence-corrected chi connectivity index (χ3v) is 4.60. The third kappa shape index (κ3) is 4.76. The van der Waals surface area contributed by atoms with Gasteiger partial charge in [-0.2, -0.15) is 0 Å². The lowest BCUT2D eigenvalue weighted by atomic mass is 9.96. The standard InChI is InChI=1S/C13H22N2O2S/c1-3-13(2,9-10-14)15-18(16,17)11-12-7-5-4-6-8-12/h4-8,15H,3,9-11,14H2,1-2H3. The summed E-state index contributed by atoms with van der Waals surface area (Å²) in [4.78, 5) is 0. The normalized spacial score (nSPS) is 15.3. The predicted octanol–water partition coefficient (Wildman–Crippen LogP) is 1.62. The fourth-order valence-electron chi connectivity index (χ4n) is 1.82. The summed E-state index contributed by atoms with van der Waals surface area (Å²) in [6, 6.07) is 9.17. The first-order valence-corrected chi connectivity index (χ1v) is 7.82. The topological polar surface area (TPSA) is 72.2 Å². The van der Waals surface area contributed by atoms with Crippen molar-refractivity contribution in [1.82, 2.24) is 4.72 Å². The Labute approximate surface area is 110 Å². The molecule has 0 heterocycles. The van der Waals surface area contributed by atoms with Crippen LogP contribution in [0.2, 0.25) is 0 Å². The summed E-state index contributed by atoms with van der Waals surface area (Å²) in [6.45, 7) is 4.32. The highest BCUT2D eigenvalue weighted by molar-refractivity contribution is 7.88. The molecule has 0 spiro atoms. The fourth-order valence-corrected chi connectivity index (χ4v) is 3.52. The van der Waals surface area contributed by atoms with Gasteiger partial charge in [0.05, 0.1) is 5.75 Å². The van der Waals surface area contributed by atoms with Crippen LogP contribution >= 0.6 is 0 Å². The van der Waals surface area contributed by atoms with Gasteiger partial charge in [0.2, 0.25) is 10.0 Å². The van der Waals surface area contributed by atoms with Crippen molar-refractivity contribution in [3.05, 3.63) is 35.9 Å². The van der Waals surface area contributed by atoms with Crippen LogP contribution in [-0.2, 0) is 15.8 Å². The lowest BCUT2D eigenvalue weighted by Crippen LogP contribution is -2.47. The first-order chi connectivity index (χ1) is 8.41. The number of hydrogen-bond acceptors (Lipinski definition) is 3. The Balaban J connectivity index is 2.76. The Hall–Kier alpha value is -0.910. The average molecular weight is 270 g/mol. The molecule has 0 aromatic heterocycles. The summed E-state index contributed by atoms with van der Waals surface area (Å²) >= 11 is 0. The zero-order valence-electron chi connectivity index (χ0n) is 11.0. The van der Waals surface area contributed by atoms with E-state index in [-0.39, 0.29) is 5.75 Å². The summed E-state index contributed by atoms with van der Waals surface area (Å²) < 4.78 is 27.0. The van der Waals surface area contributed by atoms with Gasteiger partial charge in [0.1, 0.15) is 0 Å². The van der Waals surface area contributed by atoms with E-state index >= 15 is 0 Å². The molecule has 0 saturated heterocycles. The molecule has 3 N–H and O–H groups in total. The zero-order chi connectivity index (χ0) is 13.6. The summed E-state index contributed by atoms with van der Waals surface area (Å²) in [6.07, 6.45) is 1.36. The Morgan fingerprint density at radius 2 is 1.89 bits per heavy atom. The Morgan fingerprint density at radius 3 is 2.39 bits per heavy atom. The molecule has 1 rings (SSSR count). The number of nitrogens with one attached hydrogen (secondary N) is 1. The molecule has 0 bridgehead atoms. The van der Waals surface area contributed by atoms with E-state index in [1.807, 2.05) is 44.2 Å². The van der Waals surface area contributed by atoms with Gasteiger partial charge < -0.3 is 5.73 Å². The number of hydrogen-bond donors (Lipinski definition) is 2. The van der Waals surface area contributed by atoms with E-state index in [1.54, 1.807) is 0 Å². The van der Waals surface area contributed by atoms with Crippen molar-refractivity contribution in [2.45, 2.75) is 38.0 Å². The van der Waals surface area contributed by atoms with Gasteiger partial charge >= 0.3 is 0 Å². The van der Waals surface area contributed by atoms with Gasteiger partial charge in [-0.15, -0.1) is 0 Å². The largest absolute Gasteiger partial charge is 0.330 e. The molecule has 0 fully saturated rings. The van der Waals surface area contributed by atoms with Crippen molar-refractivity contribution in [3.8, 4) is 0 Å². The summed E-state index contributed by atoms with van der Waals surface area (Å²) in [7, 11) is -3.33. The van der Waals surface area contributed by atoms with E-state index in [1.165, 1.54) is 0 Å². The molecule has 102 valence electrons. The van der Waals surface area contributed by atoms with Gasteiger partial charge in [0.15, 0.2) is 0 Å². The Bertz CT molecular complexity index is 459. The molecule has 0 aliphatic rings. The molecule has 0 saturated carbocycles. The molecule has 1 aromatic rings. The highest BCUT2D eigenvalue weighted by Gasteiger charge is 2.27. The maximum absolute atomic E-state index is 12.1. The Morgan fingerprint density at radius 1 is 1.28 bits per heavy atom. The molecule has 0 radical (unpaired) electrons. The molecule has 18 heavy (non-hydrogen) atoms. The number of sulfonamides is 1. The van der Waals surface area contributed by atoms with Crippen LogP contribution in [0.1, 0.15) is 32.3 Å². The van der Waals surface area contributed by atoms with Crippen molar-refractivity contribution in [2.24, 2.45) is 5.73 Å². The van der Waals surface area contributed by atoms with E-state index in [4.69, 9.17) is 5.73 Å². The highest BCUT2D eigenvalue weighted by atomic mass is 32.2. The van der Waals surface area contributed by atoms with Crippen LogP contribution in [0.5, 0.6) is 0 Å². The molecular formula is C13H22N2O2S. The summed E-state index contributed by atoms with van der Waals surface area (Å²) in [5.74, 6) is 0.00794. The van der Waals surface area contributed by atoms with Gasteiger partial charge in [-0.1, -0.05) is 37.3 Å². The monoisotopic (exact) mass is 270 g/mol. The second kappa shape index (κ2) is 6.31. The number of rotatable bonds is 7. The molecule has 4 nitrogen and oxygen atoms in total. The van der Waals surface area contributed by atoms with Crippen LogP contribution in [0, 0.1) is 0 Å². The second-order valence-electron chi connectivity index (χ2n) is 4.80. The quantitative estimate of drug-likeness (QED) is 0.791. The molecule has 0 aliphatic heterocycles. The smallest absolute Gasteiger partial charge is 0.216 e.